The van der Waals surface area contributed by atoms with Crippen molar-refractivity contribution in [3.05, 3.63) is 23.5 Å². The molecule has 0 saturated heterocycles. The molecule has 1 amide bonds. The minimum atomic E-state index is -0.227. The lowest BCUT2D eigenvalue weighted by atomic mass is 10.3. The second kappa shape index (κ2) is 5.25. The van der Waals surface area contributed by atoms with E-state index in [1.54, 1.807) is 7.05 Å². The van der Waals surface area contributed by atoms with Crippen LogP contribution in [0.5, 0.6) is 0 Å². The molecule has 0 spiro atoms. The van der Waals surface area contributed by atoms with Crippen LogP contribution in [0.4, 0.5) is 0 Å². The third-order valence-electron chi connectivity index (χ3n) is 1.99. The normalized spacial score (nSPS) is 9.50. The van der Waals surface area contributed by atoms with Crippen LogP contribution in [0.15, 0.2) is 12.1 Å². The fourth-order valence-electron chi connectivity index (χ4n) is 1.27. The number of fused-ring (bicyclic) bond motifs is 1. The van der Waals surface area contributed by atoms with E-state index in [4.69, 9.17) is 0 Å². The molecular weight excluding hydrogens is 204 g/mol. The maximum absolute atomic E-state index is 11.4. The van der Waals surface area contributed by atoms with Crippen LogP contribution in [-0.4, -0.2) is 28.1 Å². The number of hydrogen-bond acceptors (Lipinski definition) is 3. The number of aromatic amines is 1. The van der Waals surface area contributed by atoms with Gasteiger partial charge in [-0.1, -0.05) is 13.8 Å². The number of carbonyl (C=O) groups excluding carboxylic acids is 1. The van der Waals surface area contributed by atoms with Gasteiger partial charge < -0.3 is 5.32 Å². The Labute approximate surface area is 94.3 Å². The Hall–Kier alpha value is -1.91. The average Bonchev–Trinajstić information content (AvgIpc) is 2.73. The second-order valence-corrected chi connectivity index (χ2v) is 3.00. The van der Waals surface area contributed by atoms with Crippen LogP contribution < -0.4 is 5.32 Å². The largest absolute Gasteiger partial charge is 0.354 e. The van der Waals surface area contributed by atoms with E-state index in [0.29, 0.717) is 11.2 Å². The van der Waals surface area contributed by atoms with Gasteiger partial charge in [-0.3, -0.25) is 9.89 Å². The van der Waals surface area contributed by atoms with E-state index in [2.05, 4.69) is 20.5 Å². The molecule has 2 rings (SSSR count). The van der Waals surface area contributed by atoms with Crippen LogP contribution in [0.3, 0.4) is 0 Å². The molecular formula is C11H16N4O. The van der Waals surface area contributed by atoms with Gasteiger partial charge in [-0.2, -0.15) is 5.10 Å². The molecule has 5 nitrogen and oxygen atoms in total. The van der Waals surface area contributed by atoms with E-state index in [9.17, 15) is 4.79 Å². The molecule has 0 atom stereocenters. The number of rotatable bonds is 1. The molecule has 0 aliphatic heterocycles. The molecule has 0 radical (unpaired) electrons. The molecule has 2 aromatic rings. The molecule has 16 heavy (non-hydrogen) atoms. The number of nitrogens with one attached hydrogen (secondary N) is 2. The molecule has 5 heteroatoms. The van der Waals surface area contributed by atoms with Crippen LogP contribution >= 0.6 is 0 Å². The van der Waals surface area contributed by atoms with Gasteiger partial charge >= 0.3 is 0 Å². The summed E-state index contributed by atoms with van der Waals surface area (Å²) in [4.78, 5) is 15.6. The number of pyridine rings is 1. The van der Waals surface area contributed by atoms with Gasteiger partial charge in [0.1, 0.15) is 5.52 Å². The van der Waals surface area contributed by atoms with Crippen molar-refractivity contribution < 1.29 is 4.79 Å². The first-order valence-corrected chi connectivity index (χ1v) is 5.26. The zero-order chi connectivity index (χ0) is 12.1. The molecule has 0 aromatic carbocycles. The van der Waals surface area contributed by atoms with Crippen molar-refractivity contribution in [2.75, 3.05) is 7.05 Å². The van der Waals surface area contributed by atoms with Gasteiger partial charge in [0.05, 0.1) is 5.52 Å². The Morgan fingerprint density at radius 1 is 1.38 bits per heavy atom. The van der Waals surface area contributed by atoms with Crippen molar-refractivity contribution in [1.82, 2.24) is 20.5 Å². The lowest BCUT2D eigenvalue weighted by Crippen LogP contribution is -2.18. The number of hydrogen-bond donors (Lipinski definition) is 2. The van der Waals surface area contributed by atoms with Gasteiger partial charge in [0.2, 0.25) is 0 Å². The van der Waals surface area contributed by atoms with Gasteiger partial charge in [0, 0.05) is 12.7 Å². The number of carbonyl (C=O) groups is 1. The van der Waals surface area contributed by atoms with Crippen LogP contribution in [-0.2, 0) is 0 Å². The lowest BCUT2D eigenvalue weighted by Gasteiger charge is -1.95. The predicted octanol–water partition coefficient (Wildman–Crippen LogP) is 1.65. The monoisotopic (exact) mass is 220 g/mol. The van der Waals surface area contributed by atoms with Gasteiger partial charge in [0.25, 0.3) is 5.91 Å². The number of amides is 1. The summed E-state index contributed by atoms with van der Waals surface area (Å²) >= 11 is 0. The molecule has 2 heterocycles. The topological polar surface area (TPSA) is 70.7 Å². The number of aromatic nitrogens is 3. The third kappa shape index (κ3) is 2.18. The van der Waals surface area contributed by atoms with E-state index >= 15 is 0 Å². The molecule has 2 aromatic heterocycles. The zero-order valence-corrected chi connectivity index (χ0v) is 9.96. The zero-order valence-electron chi connectivity index (χ0n) is 9.96. The first kappa shape index (κ1) is 12.2. The molecule has 2 N–H and O–H groups in total. The van der Waals surface area contributed by atoms with E-state index in [1.807, 2.05) is 32.9 Å². The summed E-state index contributed by atoms with van der Waals surface area (Å²) in [5.41, 5.74) is 2.59. The quantitative estimate of drug-likeness (QED) is 0.767. The second-order valence-electron chi connectivity index (χ2n) is 3.00. The van der Waals surface area contributed by atoms with Gasteiger partial charge in [-0.25, -0.2) is 4.98 Å². The average molecular weight is 220 g/mol. The Bertz CT molecular complexity index is 490. The van der Waals surface area contributed by atoms with Crippen molar-refractivity contribution in [3.8, 4) is 0 Å². The number of nitrogens with zero attached hydrogens (tertiary/aromatic N) is 2. The molecule has 0 fully saturated rings. The van der Waals surface area contributed by atoms with Crippen molar-refractivity contribution >= 4 is 16.9 Å². The summed E-state index contributed by atoms with van der Waals surface area (Å²) in [5, 5.41) is 9.18. The van der Waals surface area contributed by atoms with Crippen LogP contribution in [0.25, 0.3) is 11.0 Å². The minimum absolute atomic E-state index is 0.227. The van der Waals surface area contributed by atoms with Crippen LogP contribution in [0.1, 0.15) is 30.0 Å². The summed E-state index contributed by atoms with van der Waals surface area (Å²) in [6.07, 6.45) is 0. The lowest BCUT2D eigenvalue weighted by molar-refractivity contribution is 0.0959. The standard InChI is InChI=1S/C9H10N4O.C2H6/c1-5-3-4-6-7(11-5)8(13-12-6)9(14)10-2;1-2/h3-4H,1-2H3,(H,10,14)(H,12,13);1-2H3. The predicted molar refractivity (Wildman–Crippen MR) is 63.4 cm³/mol. The Balaban J connectivity index is 0.000000606. The summed E-state index contributed by atoms with van der Waals surface area (Å²) < 4.78 is 0. The van der Waals surface area contributed by atoms with Gasteiger partial charge in [-0.05, 0) is 19.1 Å². The van der Waals surface area contributed by atoms with Crippen LogP contribution in [0, 0.1) is 6.92 Å². The van der Waals surface area contributed by atoms with Gasteiger partial charge in [0.15, 0.2) is 5.69 Å². The highest BCUT2D eigenvalue weighted by Crippen LogP contribution is 2.13. The van der Waals surface area contributed by atoms with Crippen molar-refractivity contribution in [2.45, 2.75) is 20.8 Å². The van der Waals surface area contributed by atoms with E-state index in [-0.39, 0.29) is 5.91 Å². The molecule has 0 aliphatic rings. The molecule has 0 saturated carbocycles. The first-order valence-electron chi connectivity index (χ1n) is 5.26. The summed E-state index contributed by atoms with van der Waals surface area (Å²) in [6, 6.07) is 3.73. The SMILES string of the molecule is CC.CNC(=O)c1n[nH]c2ccc(C)nc12. The summed E-state index contributed by atoms with van der Waals surface area (Å²) in [6.45, 7) is 5.88. The molecule has 0 aliphatic carbocycles. The Morgan fingerprint density at radius 3 is 2.69 bits per heavy atom. The Kier molecular flexibility index (Phi) is 3.99. The third-order valence-corrected chi connectivity index (χ3v) is 1.99. The minimum Gasteiger partial charge on any atom is -0.354 e. The molecule has 86 valence electrons. The highest BCUT2D eigenvalue weighted by molar-refractivity contribution is 6.02. The highest BCUT2D eigenvalue weighted by atomic mass is 16.1. The van der Waals surface area contributed by atoms with Crippen LogP contribution in [0.2, 0.25) is 0 Å². The molecule has 0 bridgehead atoms. The highest BCUT2D eigenvalue weighted by Gasteiger charge is 2.13. The molecule has 0 unspecified atom stereocenters. The van der Waals surface area contributed by atoms with Crippen molar-refractivity contribution in [3.63, 3.8) is 0 Å². The Morgan fingerprint density at radius 2 is 2.06 bits per heavy atom. The first-order chi connectivity index (χ1) is 7.72. The number of aryl methyl sites for hydroxylation is 1. The van der Waals surface area contributed by atoms with Gasteiger partial charge in [-0.15, -0.1) is 0 Å². The van der Waals surface area contributed by atoms with E-state index in [0.717, 1.165) is 11.2 Å². The maximum Gasteiger partial charge on any atom is 0.273 e. The van der Waals surface area contributed by atoms with Crippen molar-refractivity contribution in [2.24, 2.45) is 0 Å². The smallest absolute Gasteiger partial charge is 0.273 e. The number of H-pyrrole nitrogens is 1. The maximum atomic E-state index is 11.4. The van der Waals surface area contributed by atoms with E-state index in [1.165, 1.54) is 0 Å². The van der Waals surface area contributed by atoms with E-state index < -0.39 is 0 Å². The fraction of sp³-hybridized carbons (Fsp3) is 0.364. The summed E-state index contributed by atoms with van der Waals surface area (Å²) in [5.74, 6) is -0.227. The van der Waals surface area contributed by atoms with Crippen molar-refractivity contribution in [1.29, 1.82) is 0 Å². The summed E-state index contributed by atoms with van der Waals surface area (Å²) in [7, 11) is 1.57. The fourth-order valence-corrected chi connectivity index (χ4v) is 1.27.